The minimum Gasteiger partial charge on any atom is -0.497 e. The number of benzene rings is 2. The zero-order chi connectivity index (χ0) is 17.2. The van der Waals surface area contributed by atoms with E-state index in [0.717, 1.165) is 48.7 Å². The molecule has 2 rings (SSSR count). The first-order chi connectivity index (χ1) is 11.8. The highest BCUT2D eigenvalue weighted by molar-refractivity contribution is 5.46. The predicted molar refractivity (Wildman–Crippen MR) is 96.9 cm³/mol. The van der Waals surface area contributed by atoms with E-state index in [0.29, 0.717) is 6.61 Å². The predicted octanol–water partition coefficient (Wildman–Crippen LogP) is 4.17. The molecule has 4 nitrogen and oxygen atoms in total. The molecule has 130 valence electrons. The Morgan fingerprint density at radius 1 is 0.917 bits per heavy atom. The molecule has 24 heavy (non-hydrogen) atoms. The van der Waals surface area contributed by atoms with Gasteiger partial charge in [0.15, 0.2) is 11.5 Å². The fourth-order valence-corrected chi connectivity index (χ4v) is 2.43. The van der Waals surface area contributed by atoms with Gasteiger partial charge in [-0.15, -0.1) is 0 Å². The lowest BCUT2D eigenvalue weighted by atomic mass is 10.1. The Morgan fingerprint density at radius 3 is 2.38 bits per heavy atom. The molecule has 0 atom stereocenters. The second-order valence-corrected chi connectivity index (χ2v) is 5.60. The molecule has 0 spiro atoms. The molecule has 0 heterocycles. The van der Waals surface area contributed by atoms with Crippen LogP contribution < -0.4 is 19.5 Å². The van der Waals surface area contributed by atoms with Crippen LogP contribution in [0.5, 0.6) is 17.2 Å². The van der Waals surface area contributed by atoms with Crippen molar-refractivity contribution in [3.8, 4) is 17.2 Å². The smallest absolute Gasteiger partial charge is 0.165 e. The topological polar surface area (TPSA) is 39.7 Å². The number of methoxy groups -OCH3 is 2. The SMILES string of the molecule is CCCCOc1c(CNCc2ccc(OC)cc2)cccc1OC. The van der Waals surface area contributed by atoms with Crippen LogP contribution in [-0.4, -0.2) is 20.8 Å². The maximum atomic E-state index is 5.95. The maximum absolute atomic E-state index is 5.95. The quantitative estimate of drug-likeness (QED) is 0.664. The second-order valence-electron chi connectivity index (χ2n) is 5.60. The van der Waals surface area contributed by atoms with E-state index in [1.807, 2.05) is 24.3 Å². The van der Waals surface area contributed by atoms with Gasteiger partial charge in [-0.3, -0.25) is 0 Å². The zero-order valence-electron chi connectivity index (χ0n) is 14.8. The molecule has 0 aliphatic rings. The van der Waals surface area contributed by atoms with Crippen molar-refractivity contribution in [1.82, 2.24) is 5.32 Å². The highest BCUT2D eigenvalue weighted by atomic mass is 16.5. The van der Waals surface area contributed by atoms with Crippen molar-refractivity contribution in [2.24, 2.45) is 0 Å². The van der Waals surface area contributed by atoms with Gasteiger partial charge in [0, 0.05) is 18.7 Å². The van der Waals surface area contributed by atoms with Gasteiger partial charge in [0.2, 0.25) is 0 Å². The van der Waals surface area contributed by atoms with Crippen LogP contribution in [0.25, 0.3) is 0 Å². The van der Waals surface area contributed by atoms with Crippen molar-refractivity contribution in [3.63, 3.8) is 0 Å². The van der Waals surface area contributed by atoms with Gasteiger partial charge < -0.3 is 19.5 Å². The van der Waals surface area contributed by atoms with Gasteiger partial charge in [0.05, 0.1) is 20.8 Å². The molecule has 0 bridgehead atoms. The maximum Gasteiger partial charge on any atom is 0.165 e. The van der Waals surface area contributed by atoms with Gasteiger partial charge in [-0.2, -0.15) is 0 Å². The van der Waals surface area contributed by atoms with Gasteiger partial charge in [-0.25, -0.2) is 0 Å². The third-order valence-corrected chi connectivity index (χ3v) is 3.83. The molecular weight excluding hydrogens is 302 g/mol. The van der Waals surface area contributed by atoms with E-state index in [1.165, 1.54) is 5.56 Å². The highest BCUT2D eigenvalue weighted by Crippen LogP contribution is 2.31. The molecule has 0 amide bonds. The van der Waals surface area contributed by atoms with Crippen molar-refractivity contribution >= 4 is 0 Å². The Kier molecular flexibility index (Phi) is 7.43. The Balaban J connectivity index is 1.97. The van der Waals surface area contributed by atoms with Crippen molar-refractivity contribution in [2.75, 3.05) is 20.8 Å². The molecule has 0 unspecified atom stereocenters. The lowest BCUT2D eigenvalue weighted by Gasteiger charge is -2.15. The first kappa shape index (κ1) is 18.1. The molecule has 0 saturated heterocycles. The largest absolute Gasteiger partial charge is 0.497 e. The molecule has 0 saturated carbocycles. The fourth-order valence-electron chi connectivity index (χ4n) is 2.43. The van der Waals surface area contributed by atoms with Crippen LogP contribution in [-0.2, 0) is 13.1 Å². The first-order valence-corrected chi connectivity index (χ1v) is 8.40. The molecule has 0 radical (unpaired) electrons. The van der Waals surface area contributed by atoms with E-state index in [4.69, 9.17) is 14.2 Å². The molecule has 1 N–H and O–H groups in total. The highest BCUT2D eigenvalue weighted by Gasteiger charge is 2.10. The van der Waals surface area contributed by atoms with Gasteiger partial charge in [-0.05, 0) is 30.2 Å². The molecule has 0 aliphatic heterocycles. The third kappa shape index (κ3) is 5.17. The van der Waals surface area contributed by atoms with Crippen LogP contribution in [0.3, 0.4) is 0 Å². The van der Waals surface area contributed by atoms with Crippen LogP contribution in [0.1, 0.15) is 30.9 Å². The molecule has 2 aromatic carbocycles. The standard InChI is InChI=1S/C20H27NO3/c1-4-5-13-24-20-17(7-6-8-19(20)23-3)15-21-14-16-9-11-18(22-2)12-10-16/h6-12,21H,4-5,13-15H2,1-3H3. The summed E-state index contributed by atoms with van der Waals surface area (Å²) in [7, 11) is 3.35. The average molecular weight is 329 g/mol. The zero-order valence-corrected chi connectivity index (χ0v) is 14.8. The number of ether oxygens (including phenoxy) is 3. The van der Waals surface area contributed by atoms with Crippen LogP contribution >= 0.6 is 0 Å². The Morgan fingerprint density at radius 2 is 1.71 bits per heavy atom. The van der Waals surface area contributed by atoms with Crippen LogP contribution in [0.4, 0.5) is 0 Å². The van der Waals surface area contributed by atoms with Crippen LogP contribution in [0, 0.1) is 0 Å². The molecule has 2 aromatic rings. The van der Waals surface area contributed by atoms with E-state index in [9.17, 15) is 0 Å². The number of para-hydroxylation sites is 1. The van der Waals surface area contributed by atoms with Crippen LogP contribution in [0.2, 0.25) is 0 Å². The van der Waals surface area contributed by atoms with Crippen molar-refractivity contribution < 1.29 is 14.2 Å². The van der Waals surface area contributed by atoms with Crippen molar-refractivity contribution in [1.29, 1.82) is 0 Å². The Hall–Kier alpha value is -2.20. The summed E-state index contributed by atoms with van der Waals surface area (Å²) in [5.41, 5.74) is 2.33. The number of hydrogen-bond acceptors (Lipinski definition) is 4. The second kappa shape index (κ2) is 9.83. The summed E-state index contributed by atoms with van der Waals surface area (Å²) in [5, 5.41) is 3.46. The minimum absolute atomic E-state index is 0.711. The molecule has 0 aliphatic carbocycles. The summed E-state index contributed by atoms with van der Waals surface area (Å²) in [5.74, 6) is 2.50. The van der Waals surface area contributed by atoms with Crippen molar-refractivity contribution in [2.45, 2.75) is 32.9 Å². The fraction of sp³-hybridized carbons (Fsp3) is 0.400. The molecular formula is C20H27NO3. The van der Waals surface area contributed by atoms with E-state index in [1.54, 1.807) is 14.2 Å². The van der Waals surface area contributed by atoms with Gasteiger partial charge in [0.1, 0.15) is 5.75 Å². The number of unbranched alkanes of at least 4 members (excludes halogenated alkanes) is 1. The third-order valence-electron chi connectivity index (χ3n) is 3.83. The number of hydrogen-bond donors (Lipinski definition) is 1. The Bertz CT molecular complexity index is 611. The lowest BCUT2D eigenvalue weighted by Crippen LogP contribution is -2.14. The molecule has 0 fully saturated rings. The van der Waals surface area contributed by atoms with E-state index < -0.39 is 0 Å². The number of rotatable bonds is 10. The summed E-state index contributed by atoms with van der Waals surface area (Å²) in [6.07, 6.45) is 2.15. The normalized spacial score (nSPS) is 10.5. The average Bonchev–Trinajstić information content (AvgIpc) is 2.63. The van der Waals surface area contributed by atoms with E-state index in [-0.39, 0.29) is 0 Å². The summed E-state index contributed by atoms with van der Waals surface area (Å²) in [6.45, 7) is 4.38. The number of nitrogens with one attached hydrogen (secondary N) is 1. The lowest BCUT2D eigenvalue weighted by molar-refractivity contribution is 0.284. The van der Waals surface area contributed by atoms with Gasteiger partial charge >= 0.3 is 0 Å². The summed E-state index contributed by atoms with van der Waals surface area (Å²) < 4.78 is 16.6. The van der Waals surface area contributed by atoms with Crippen LogP contribution in [0.15, 0.2) is 42.5 Å². The Labute approximate surface area is 144 Å². The first-order valence-electron chi connectivity index (χ1n) is 8.40. The monoisotopic (exact) mass is 329 g/mol. The van der Waals surface area contributed by atoms with Gasteiger partial charge in [-0.1, -0.05) is 37.6 Å². The van der Waals surface area contributed by atoms with Crippen molar-refractivity contribution in [3.05, 3.63) is 53.6 Å². The summed E-state index contributed by atoms with van der Waals surface area (Å²) in [6, 6.07) is 14.1. The molecule has 4 heteroatoms. The molecule has 0 aromatic heterocycles. The summed E-state index contributed by atoms with van der Waals surface area (Å²) >= 11 is 0. The van der Waals surface area contributed by atoms with E-state index >= 15 is 0 Å². The van der Waals surface area contributed by atoms with Gasteiger partial charge in [0.25, 0.3) is 0 Å². The van der Waals surface area contributed by atoms with E-state index in [2.05, 4.69) is 30.4 Å². The summed E-state index contributed by atoms with van der Waals surface area (Å²) in [4.78, 5) is 0. The minimum atomic E-state index is 0.711.